The zero-order chi connectivity index (χ0) is 5.98. The molecule has 1 heterocycles. The Balaban J connectivity index is 2.03. The van der Waals surface area contributed by atoms with Gasteiger partial charge >= 0.3 is 0 Å². The maximum Gasteiger partial charge on any atom is 0.0344 e. The van der Waals surface area contributed by atoms with Crippen LogP contribution in [0.1, 0.15) is 13.8 Å². The smallest absolute Gasteiger partial charge is 0.0344 e. The second kappa shape index (κ2) is 2.46. The van der Waals surface area contributed by atoms with E-state index in [-0.39, 0.29) is 0 Å². The van der Waals surface area contributed by atoms with Gasteiger partial charge in [-0.2, -0.15) is 0 Å². The molecule has 0 saturated carbocycles. The number of nitrogens with one attached hydrogen (secondary N) is 2. The topological polar surface area (TPSA) is 34.0 Å². The van der Waals surface area contributed by atoms with Crippen LogP contribution in [0.5, 0.6) is 0 Å². The zero-order valence-electron chi connectivity index (χ0n) is 5.57. The lowest BCUT2D eigenvalue weighted by molar-refractivity contribution is 0.557. The molecule has 1 saturated heterocycles. The molecule has 0 aromatic heterocycles. The van der Waals surface area contributed by atoms with Crippen molar-refractivity contribution in [2.24, 2.45) is 0 Å². The van der Waals surface area contributed by atoms with Crippen molar-refractivity contribution >= 4 is 0 Å². The molecule has 2 heteroatoms. The van der Waals surface area contributed by atoms with Crippen LogP contribution in [0.15, 0.2) is 0 Å². The van der Waals surface area contributed by atoms with Crippen molar-refractivity contribution in [2.45, 2.75) is 25.9 Å². The maximum atomic E-state index is 3.34. The van der Waals surface area contributed by atoms with Crippen molar-refractivity contribution in [3.63, 3.8) is 0 Å². The van der Waals surface area contributed by atoms with Gasteiger partial charge in [-0.15, -0.1) is 0 Å². The van der Waals surface area contributed by atoms with E-state index in [4.69, 9.17) is 0 Å². The summed E-state index contributed by atoms with van der Waals surface area (Å²) in [5, 5.41) is 6.60. The second-order valence-electron chi connectivity index (χ2n) is 2.36. The minimum atomic E-state index is 0.667. The molecule has 2 N–H and O–H groups in total. The van der Waals surface area contributed by atoms with Gasteiger partial charge in [-0.25, -0.2) is 0 Å². The first-order valence-corrected chi connectivity index (χ1v) is 3.31. The van der Waals surface area contributed by atoms with Gasteiger partial charge in [-0.05, 0) is 13.5 Å². The average molecular weight is 114 g/mol. The van der Waals surface area contributed by atoms with Gasteiger partial charge in [0.1, 0.15) is 0 Å². The van der Waals surface area contributed by atoms with Crippen LogP contribution in [-0.4, -0.2) is 25.2 Å². The Morgan fingerprint density at radius 3 is 2.88 bits per heavy atom. The predicted octanol–water partition coefficient (Wildman–Crippen LogP) is -0.0438. The summed E-state index contributed by atoms with van der Waals surface area (Å²) in [6.45, 7) is 6.64. The molecule has 2 atom stereocenters. The third kappa shape index (κ3) is 1.46. The highest BCUT2D eigenvalue weighted by atomic mass is 15.1. The molecule has 0 aliphatic carbocycles. The van der Waals surface area contributed by atoms with Gasteiger partial charge in [0.05, 0.1) is 0 Å². The van der Waals surface area contributed by atoms with Crippen molar-refractivity contribution < 1.29 is 0 Å². The van der Waals surface area contributed by atoms with Crippen LogP contribution in [0.4, 0.5) is 0 Å². The average Bonchev–Trinajstić information content (AvgIpc) is 2.45. The molecule has 0 spiro atoms. The van der Waals surface area contributed by atoms with E-state index < -0.39 is 0 Å². The Hall–Kier alpha value is -0.0800. The number of hydrogen-bond acceptors (Lipinski definition) is 2. The fourth-order valence-electron chi connectivity index (χ4n) is 0.886. The van der Waals surface area contributed by atoms with E-state index in [0.29, 0.717) is 6.04 Å². The van der Waals surface area contributed by atoms with Gasteiger partial charge in [0.25, 0.3) is 0 Å². The summed E-state index contributed by atoms with van der Waals surface area (Å²) in [4.78, 5) is 0. The van der Waals surface area contributed by atoms with Crippen LogP contribution in [-0.2, 0) is 0 Å². The molecule has 8 heavy (non-hydrogen) atoms. The molecule has 2 unspecified atom stereocenters. The summed E-state index contributed by atoms with van der Waals surface area (Å²) < 4.78 is 0. The molecule has 0 amide bonds. The largest absolute Gasteiger partial charge is 0.313 e. The Morgan fingerprint density at radius 2 is 2.50 bits per heavy atom. The Kier molecular flexibility index (Phi) is 1.86. The van der Waals surface area contributed by atoms with Gasteiger partial charge in [0.15, 0.2) is 0 Å². The Bertz CT molecular complexity index is 68.9. The molecular weight excluding hydrogens is 100 g/mol. The highest BCUT2D eigenvalue weighted by Crippen LogP contribution is 2.01. The second-order valence-corrected chi connectivity index (χ2v) is 2.36. The van der Waals surface area contributed by atoms with Crippen molar-refractivity contribution in [3.8, 4) is 0 Å². The number of likely N-dealkylation sites (N-methyl/N-ethyl adjacent to an activating group) is 1. The summed E-state index contributed by atoms with van der Waals surface area (Å²) in [5.74, 6) is 0. The van der Waals surface area contributed by atoms with E-state index in [2.05, 4.69) is 24.5 Å². The predicted molar refractivity (Wildman–Crippen MR) is 34.9 cm³/mol. The molecule has 1 aliphatic heterocycles. The quantitative estimate of drug-likeness (QED) is 0.505. The van der Waals surface area contributed by atoms with E-state index in [0.717, 1.165) is 12.6 Å². The van der Waals surface area contributed by atoms with Gasteiger partial charge < -0.3 is 10.6 Å². The van der Waals surface area contributed by atoms with Crippen LogP contribution < -0.4 is 10.6 Å². The fraction of sp³-hybridized carbons (Fsp3) is 1.00. The molecule has 0 radical (unpaired) electrons. The summed E-state index contributed by atoms with van der Waals surface area (Å²) >= 11 is 0. The summed E-state index contributed by atoms with van der Waals surface area (Å²) in [6, 6.07) is 1.43. The van der Waals surface area contributed by atoms with Crippen molar-refractivity contribution in [2.75, 3.05) is 13.1 Å². The monoisotopic (exact) mass is 114 g/mol. The summed E-state index contributed by atoms with van der Waals surface area (Å²) in [7, 11) is 0. The number of hydrogen-bond donors (Lipinski definition) is 2. The SMILES string of the molecule is CCNC(C)C1CN1. The summed E-state index contributed by atoms with van der Waals surface area (Å²) in [6.07, 6.45) is 0. The third-order valence-electron chi connectivity index (χ3n) is 1.57. The first-order chi connectivity index (χ1) is 3.84. The van der Waals surface area contributed by atoms with Gasteiger partial charge in [0, 0.05) is 18.6 Å². The van der Waals surface area contributed by atoms with Crippen LogP contribution in [0.2, 0.25) is 0 Å². The first kappa shape index (κ1) is 6.05. The molecule has 48 valence electrons. The number of rotatable bonds is 3. The molecule has 0 bridgehead atoms. The normalized spacial score (nSPS) is 30.0. The molecule has 0 aromatic rings. The lowest BCUT2D eigenvalue weighted by atomic mass is 10.2. The minimum absolute atomic E-state index is 0.667. The first-order valence-electron chi connectivity index (χ1n) is 3.31. The van der Waals surface area contributed by atoms with E-state index >= 15 is 0 Å². The third-order valence-corrected chi connectivity index (χ3v) is 1.57. The van der Waals surface area contributed by atoms with Crippen LogP contribution in [0.3, 0.4) is 0 Å². The van der Waals surface area contributed by atoms with Crippen molar-refractivity contribution in [1.82, 2.24) is 10.6 Å². The van der Waals surface area contributed by atoms with Gasteiger partial charge in [-0.3, -0.25) is 0 Å². The molecule has 1 aliphatic rings. The standard InChI is InChI=1S/C6H14N2/c1-3-7-5(2)6-4-8-6/h5-8H,3-4H2,1-2H3. The zero-order valence-corrected chi connectivity index (χ0v) is 5.57. The highest BCUT2D eigenvalue weighted by Gasteiger charge is 2.25. The lowest BCUT2D eigenvalue weighted by Gasteiger charge is -2.07. The van der Waals surface area contributed by atoms with Crippen LogP contribution in [0.25, 0.3) is 0 Å². The molecule has 1 rings (SSSR count). The van der Waals surface area contributed by atoms with Crippen molar-refractivity contribution in [3.05, 3.63) is 0 Å². The molecule has 1 fully saturated rings. The van der Waals surface area contributed by atoms with Crippen LogP contribution in [0, 0.1) is 0 Å². The minimum Gasteiger partial charge on any atom is -0.313 e. The molecule has 2 nitrogen and oxygen atoms in total. The van der Waals surface area contributed by atoms with Crippen molar-refractivity contribution in [1.29, 1.82) is 0 Å². The van der Waals surface area contributed by atoms with E-state index in [9.17, 15) is 0 Å². The van der Waals surface area contributed by atoms with E-state index in [1.807, 2.05) is 0 Å². The maximum absolute atomic E-state index is 3.34. The molecule has 0 aromatic carbocycles. The van der Waals surface area contributed by atoms with Gasteiger partial charge in [0.2, 0.25) is 0 Å². The van der Waals surface area contributed by atoms with E-state index in [1.165, 1.54) is 6.54 Å². The van der Waals surface area contributed by atoms with Crippen LogP contribution >= 0.6 is 0 Å². The fourth-order valence-corrected chi connectivity index (χ4v) is 0.886. The summed E-state index contributed by atoms with van der Waals surface area (Å²) in [5.41, 5.74) is 0. The molecular formula is C6H14N2. The Morgan fingerprint density at radius 1 is 1.88 bits per heavy atom. The Labute approximate surface area is 50.7 Å². The van der Waals surface area contributed by atoms with E-state index in [1.54, 1.807) is 0 Å². The lowest BCUT2D eigenvalue weighted by Crippen LogP contribution is -2.31. The van der Waals surface area contributed by atoms with Gasteiger partial charge in [-0.1, -0.05) is 6.92 Å². The highest BCUT2D eigenvalue weighted by molar-refractivity contribution is 4.91.